The number of halogens is 1. The molecule has 0 N–H and O–H groups in total. The number of rotatable bonds is 62. The predicted octanol–water partition coefficient (Wildman–Crippen LogP) is 29.7. The van der Waals surface area contributed by atoms with Crippen LogP contribution in [0, 0.1) is 10.8 Å². The van der Waals surface area contributed by atoms with Crippen LogP contribution in [0.25, 0.3) is 0 Å². The van der Waals surface area contributed by atoms with Crippen LogP contribution in [0.1, 0.15) is 403 Å². The standard InChI is InChI=1S/C47H88OSi.C29H56O3Si.C27H32P.HI/c1-8-10-12-14-16-18-20-22-24-26-28-30-32-34-36-38-41-47(43-40-45(44-47)48-49(6,7)46(3,4)5)42-39-37-35-33-31-29-27-25-23-21-19-17-15-13-11-9-2;1-28(2,3)33(4,5)32-27-20-23-29(26-27,21-16-12-8-6-10-14-18-24-30)22-17-13-9-7-11-15-19-25-31;1-2-3-4-5-6-7-17-24-28(25-18-11-8-12-19-25,26-20-13-9-14-21-26)27-22-15-10-16-23-27;/h16-19,22-25,45H,8-15,20-21,26-44H2,1-7H3;24-25,27H,6-23,26H2,1-5H3;6-16,18-23H,2-5,17,24H2,1H3;1H/q;;+1;/p-1/b18-16-,19-17-,24-22-,25-23-;;7-6-;. The lowest BCUT2D eigenvalue weighted by molar-refractivity contribution is -0.108. The maximum absolute atomic E-state index is 10.5. The van der Waals surface area contributed by atoms with Gasteiger partial charge in [0.1, 0.15) is 35.7 Å². The predicted molar refractivity (Wildman–Crippen MR) is 499 cm³/mol. The van der Waals surface area contributed by atoms with Gasteiger partial charge in [-0.2, -0.15) is 0 Å². The Morgan fingerprint density at radius 3 is 0.856 bits per heavy atom. The van der Waals surface area contributed by atoms with E-state index in [4.69, 9.17) is 8.85 Å². The Morgan fingerprint density at radius 2 is 0.586 bits per heavy atom. The Hall–Kier alpha value is -2.79. The van der Waals surface area contributed by atoms with Crippen LogP contribution >= 0.6 is 7.26 Å². The van der Waals surface area contributed by atoms with Gasteiger partial charge < -0.3 is 42.4 Å². The van der Waals surface area contributed by atoms with Crippen LogP contribution in [0.3, 0.4) is 0 Å². The fourth-order valence-electron chi connectivity index (χ4n) is 16.6. The van der Waals surface area contributed by atoms with Crippen LogP contribution in [0.4, 0.5) is 0 Å². The van der Waals surface area contributed by atoms with E-state index in [2.05, 4.69) is 240 Å². The van der Waals surface area contributed by atoms with Gasteiger partial charge in [-0.1, -0.05) is 345 Å². The molecule has 5 rings (SSSR count). The first-order valence-corrected chi connectivity index (χ1v) is 54.5. The maximum atomic E-state index is 10.5. The average Bonchev–Trinajstić information content (AvgIpc) is 1.44. The molecule has 0 amide bonds. The molecule has 2 unspecified atom stereocenters. The van der Waals surface area contributed by atoms with Gasteiger partial charge >= 0.3 is 0 Å². The van der Waals surface area contributed by atoms with Crippen LogP contribution < -0.4 is 39.9 Å². The zero-order chi connectivity index (χ0) is 80.1. The minimum atomic E-state index is -1.70. The summed E-state index contributed by atoms with van der Waals surface area (Å²) in [5.41, 5.74) is 1.06. The lowest BCUT2D eigenvalue weighted by Gasteiger charge is -2.39. The maximum Gasteiger partial charge on any atom is 0.192 e. The molecule has 111 heavy (non-hydrogen) atoms. The molecule has 2 aliphatic carbocycles. The van der Waals surface area contributed by atoms with Crippen LogP contribution in [0.2, 0.25) is 36.3 Å². The summed E-state index contributed by atoms with van der Waals surface area (Å²) in [5.74, 6) is 0. The third-order valence-electron chi connectivity index (χ3n) is 25.6. The van der Waals surface area contributed by atoms with Crippen molar-refractivity contribution in [1.29, 1.82) is 0 Å². The van der Waals surface area contributed by atoms with Crippen LogP contribution in [-0.4, -0.2) is 47.6 Å². The van der Waals surface area contributed by atoms with E-state index >= 15 is 0 Å². The van der Waals surface area contributed by atoms with E-state index in [9.17, 15) is 9.59 Å². The number of benzene rings is 3. The summed E-state index contributed by atoms with van der Waals surface area (Å²) >= 11 is 0. The van der Waals surface area contributed by atoms with Gasteiger partial charge in [0.2, 0.25) is 0 Å². The van der Waals surface area contributed by atoms with Crippen molar-refractivity contribution in [1.82, 2.24) is 0 Å². The molecule has 0 aromatic heterocycles. The highest BCUT2D eigenvalue weighted by Crippen LogP contribution is 2.56. The van der Waals surface area contributed by atoms with Crippen molar-refractivity contribution in [3.05, 3.63) is 152 Å². The fourth-order valence-corrected chi connectivity index (χ4v) is 23.6. The quantitative estimate of drug-likeness (QED) is 0.0141. The second-order valence-electron chi connectivity index (χ2n) is 37.1. The molecule has 0 aliphatic heterocycles. The van der Waals surface area contributed by atoms with Crippen molar-refractivity contribution in [2.75, 3.05) is 6.16 Å². The summed E-state index contributed by atoms with van der Waals surface area (Å²) in [6, 6.07) is 33.5. The van der Waals surface area contributed by atoms with Gasteiger partial charge in [-0.25, -0.2) is 0 Å². The van der Waals surface area contributed by atoms with E-state index in [0.29, 0.717) is 28.1 Å². The molecule has 2 saturated carbocycles. The van der Waals surface area contributed by atoms with Gasteiger partial charge in [-0.05, 0) is 238 Å². The molecular formula is C103H176IO4PSi2. The van der Waals surface area contributed by atoms with Crippen LogP contribution in [0.5, 0.6) is 0 Å². The summed E-state index contributed by atoms with van der Waals surface area (Å²) in [4.78, 5) is 20.9. The summed E-state index contributed by atoms with van der Waals surface area (Å²) in [6.45, 7) is 30.8. The molecule has 3 aromatic carbocycles. The highest BCUT2D eigenvalue weighted by molar-refractivity contribution is 7.95. The molecule has 2 atom stereocenters. The smallest absolute Gasteiger partial charge is 0.192 e. The van der Waals surface area contributed by atoms with Crippen molar-refractivity contribution in [2.24, 2.45) is 10.8 Å². The van der Waals surface area contributed by atoms with E-state index < -0.39 is 23.9 Å². The van der Waals surface area contributed by atoms with E-state index in [1.165, 1.54) is 317 Å². The molecule has 2 fully saturated rings. The van der Waals surface area contributed by atoms with Crippen molar-refractivity contribution in [3.8, 4) is 0 Å². The summed E-state index contributed by atoms with van der Waals surface area (Å²) < 4.78 is 13.9. The number of aldehydes is 2. The Bertz CT molecular complexity index is 2640. The molecule has 632 valence electrons. The summed E-state index contributed by atoms with van der Waals surface area (Å²) in [7, 11) is -5.07. The van der Waals surface area contributed by atoms with Gasteiger partial charge in [0.15, 0.2) is 16.6 Å². The lowest BCUT2D eigenvalue weighted by Crippen LogP contribution is -3.00. The van der Waals surface area contributed by atoms with Crippen LogP contribution in [0.15, 0.2) is 152 Å². The molecule has 0 bridgehead atoms. The molecule has 3 aromatic rings. The van der Waals surface area contributed by atoms with Gasteiger partial charge in [0, 0.05) is 31.5 Å². The number of carbonyl (C=O) groups is 2. The summed E-state index contributed by atoms with van der Waals surface area (Å²) in [6.07, 6.45) is 96.8. The van der Waals surface area contributed by atoms with Crippen molar-refractivity contribution < 1.29 is 42.4 Å². The van der Waals surface area contributed by atoms with E-state index in [1.807, 2.05) is 0 Å². The van der Waals surface area contributed by atoms with Crippen molar-refractivity contribution in [2.45, 2.75) is 451 Å². The second-order valence-corrected chi connectivity index (χ2v) is 50.2. The third-order valence-corrected chi connectivity index (χ3v) is 39.1. The Morgan fingerprint density at radius 1 is 0.342 bits per heavy atom. The topological polar surface area (TPSA) is 52.6 Å². The van der Waals surface area contributed by atoms with E-state index in [1.54, 1.807) is 0 Å². The second kappa shape index (κ2) is 64.2. The number of hydrogen-bond acceptors (Lipinski definition) is 4. The number of unbranched alkanes of at least 4 members (excludes halogenated alkanes) is 33. The highest BCUT2D eigenvalue weighted by Gasteiger charge is 2.47. The van der Waals surface area contributed by atoms with Gasteiger partial charge in [-0.3, -0.25) is 0 Å². The highest BCUT2D eigenvalue weighted by atomic mass is 127. The molecule has 8 heteroatoms. The first-order chi connectivity index (χ1) is 53.2. The largest absolute Gasteiger partial charge is 1.00 e. The first kappa shape index (κ1) is 104. The van der Waals surface area contributed by atoms with Crippen molar-refractivity contribution >= 4 is 52.4 Å². The fraction of sp³-hybridized carbons (Fsp3) is 0.709. The van der Waals surface area contributed by atoms with Gasteiger partial charge in [0.25, 0.3) is 0 Å². The average molecular weight is 1690 g/mol. The lowest BCUT2D eigenvalue weighted by atomic mass is 9.76. The summed E-state index contributed by atoms with van der Waals surface area (Å²) in [5, 5.41) is 5.02. The van der Waals surface area contributed by atoms with Gasteiger partial charge in [-0.15, -0.1) is 0 Å². The zero-order valence-corrected chi connectivity index (χ0v) is 79.9. The molecule has 0 spiro atoms. The zero-order valence-electron chi connectivity index (χ0n) is 74.9. The van der Waals surface area contributed by atoms with Crippen LogP contribution in [-0.2, 0) is 18.4 Å². The Balaban J connectivity index is 0.000000588. The van der Waals surface area contributed by atoms with Crippen molar-refractivity contribution in [3.63, 3.8) is 0 Å². The first-order valence-electron chi connectivity index (χ1n) is 46.7. The Kier molecular flexibility index (Phi) is 60.4. The number of carbonyl (C=O) groups excluding carboxylic acids is 2. The molecule has 0 saturated heterocycles. The van der Waals surface area contributed by atoms with Gasteiger partial charge in [0.05, 0.1) is 6.16 Å². The van der Waals surface area contributed by atoms with E-state index in [-0.39, 0.29) is 29.0 Å². The molecule has 4 nitrogen and oxygen atoms in total. The number of hydrogen-bond donors (Lipinski definition) is 0. The molecule has 0 heterocycles. The third kappa shape index (κ3) is 46.8. The Labute approximate surface area is 709 Å². The monoisotopic (exact) mass is 1690 g/mol. The molecular weight excluding hydrogens is 1520 g/mol. The normalized spacial score (nSPS) is 16.1. The molecule has 0 radical (unpaired) electrons. The molecule has 2 aliphatic rings. The minimum Gasteiger partial charge on any atom is -1.00 e. The SMILES string of the molecule is CC(C)(C)[Si](C)(C)OC1CCC(CCCCCCCCC=O)(CCCCCCCCC=O)C1.CCCCC/C=C\C/C=C\CCCCCCCCC1(CCCCCCCC/C=C\C/C=C\CCCCC)CCC(O[Si](C)(C)C(C)(C)C)C1.CCCCC/C=C\CC[P+](c1ccccc1)(c1ccccc1)c1ccccc1.[I-]. The van der Waals surface area contributed by atoms with E-state index in [0.717, 1.165) is 57.5 Å². The minimum absolute atomic E-state index is 0. The number of allylic oxidation sites excluding steroid dienone is 10.